The highest BCUT2D eigenvalue weighted by molar-refractivity contribution is 6.05. The number of aromatic amines is 1. The van der Waals surface area contributed by atoms with Crippen LogP contribution in [-0.4, -0.2) is 76.9 Å². The van der Waals surface area contributed by atoms with E-state index < -0.39 is 30.9 Å². The molecule has 0 radical (unpaired) electrons. The minimum atomic E-state index is -2.74. The number of hydrogen-bond donors (Lipinski definition) is 1. The number of benzene rings is 2. The first-order chi connectivity index (χ1) is 17.9. The van der Waals surface area contributed by atoms with Crippen LogP contribution in [0.2, 0.25) is 0 Å². The molecule has 3 aliphatic heterocycles. The second-order valence-electron chi connectivity index (χ2n) is 9.81. The smallest absolute Gasteiger partial charge is 0.328 e. The highest BCUT2D eigenvalue weighted by Gasteiger charge is 2.52. The van der Waals surface area contributed by atoms with Gasteiger partial charge in [0.05, 0.1) is 0 Å². The predicted octanol–water partition coefficient (Wildman–Crippen LogP) is 4.33. The Hall–Kier alpha value is -3.53. The summed E-state index contributed by atoms with van der Waals surface area (Å²) in [6.07, 6.45) is -0.251. The lowest BCUT2D eigenvalue weighted by Crippen LogP contribution is -2.44. The van der Waals surface area contributed by atoms with Crippen molar-refractivity contribution in [2.45, 2.75) is 37.8 Å². The van der Waals surface area contributed by atoms with Gasteiger partial charge in [-0.2, -0.15) is 0 Å². The number of carbonyl (C=O) groups is 2. The van der Waals surface area contributed by atoms with Crippen LogP contribution in [0.15, 0.2) is 42.5 Å². The van der Waals surface area contributed by atoms with Crippen LogP contribution in [0, 0.1) is 5.82 Å². The minimum Gasteiger partial charge on any atom is -0.485 e. The number of rotatable bonds is 7. The third-order valence-electron chi connectivity index (χ3n) is 7.60. The van der Waals surface area contributed by atoms with Gasteiger partial charge in [0, 0.05) is 42.2 Å². The lowest BCUT2D eigenvalue weighted by Gasteiger charge is -2.36. The Morgan fingerprint density at radius 3 is 2.54 bits per heavy atom. The molecule has 3 aromatic rings. The van der Waals surface area contributed by atoms with Gasteiger partial charge in [-0.05, 0) is 43.1 Å². The van der Waals surface area contributed by atoms with Crippen molar-refractivity contribution in [3.8, 4) is 5.75 Å². The van der Waals surface area contributed by atoms with Gasteiger partial charge in [0.2, 0.25) is 0 Å². The van der Waals surface area contributed by atoms with E-state index in [-0.39, 0.29) is 24.1 Å². The topological polar surface area (TPSA) is 68.9 Å². The first-order valence-electron chi connectivity index (χ1n) is 12.6. The number of aromatic nitrogens is 1. The standard InChI is InChI=1S/C27H27F3N4O3/c28-19-14-20-17(13-22(19)37-15-23(29)30)18-12-21-26(35)33(11-10-32-8-4-5-9-32)27(36)34(21)25(24(18)31-20)16-6-2-1-3-7-16/h1-3,6-7,13-14,21,23,25,31H,4-5,8-12,15H2. The first-order valence-corrected chi connectivity index (χ1v) is 12.6. The maximum Gasteiger partial charge on any atom is 0.328 e. The van der Waals surface area contributed by atoms with Crippen LogP contribution < -0.4 is 4.74 Å². The number of nitrogens with zero attached hydrogens (tertiary/aromatic N) is 3. The molecular formula is C27H27F3N4O3. The maximum absolute atomic E-state index is 14.7. The summed E-state index contributed by atoms with van der Waals surface area (Å²) in [6, 6.07) is 10.4. The van der Waals surface area contributed by atoms with Crippen molar-refractivity contribution in [3.63, 3.8) is 0 Å². The second kappa shape index (κ2) is 9.41. The van der Waals surface area contributed by atoms with Crippen LogP contribution in [0.4, 0.5) is 18.0 Å². The number of halogens is 3. The fraction of sp³-hybridized carbons (Fsp3) is 0.407. The molecule has 0 bridgehead atoms. The number of imide groups is 1. The van der Waals surface area contributed by atoms with Crippen molar-refractivity contribution in [1.82, 2.24) is 19.7 Å². The van der Waals surface area contributed by atoms with Crippen LogP contribution in [0.25, 0.3) is 10.9 Å². The molecule has 0 aliphatic carbocycles. The maximum atomic E-state index is 14.7. The van der Waals surface area contributed by atoms with E-state index in [2.05, 4.69) is 9.88 Å². The number of amides is 3. The Labute approximate surface area is 211 Å². The second-order valence-corrected chi connectivity index (χ2v) is 9.81. The number of urea groups is 1. The Morgan fingerprint density at radius 2 is 1.81 bits per heavy atom. The van der Waals surface area contributed by atoms with Crippen molar-refractivity contribution in [2.24, 2.45) is 0 Å². The summed E-state index contributed by atoms with van der Waals surface area (Å²) in [5.41, 5.74) is 2.72. The fourth-order valence-electron chi connectivity index (χ4n) is 5.88. The average molecular weight is 513 g/mol. The Bertz CT molecular complexity index is 1340. The zero-order valence-corrected chi connectivity index (χ0v) is 20.1. The molecule has 0 spiro atoms. The zero-order chi connectivity index (χ0) is 25.7. The lowest BCUT2D eigenvalue weighted by atomic mass is 9.89. The van der Waals surface area contributed by atoms with E-state index in [4.69, 9.17) is 4.74 Å². The van der Waals surface area contributed by atoms with E-state index in [1.54, 1.807) is 4.90 Å². The summed E-state index contributed by atoms with van der Waals surface area (Å²) < 4.78 is 45.1. The van der Waals surface area contributed by atoms with Crippen molar-refractivity contribution >= 4 is 22.8 Å². The van der Waals surface area contributed by atoms with Gasteiger partial charge in [-0.3, -0.25) is 14.6 Å². The number of H-pyrrole nitrogens is 1. The summed E-state index contributed by atoms with van der Waals surface area (Å²) in [5.74, 6) is -1.28. The fourth-order valence-corrected chi connectivity index (χ4v) is 5.88. The number of ether oxygens (including phenoxy) is 1. The zero-order valence-electron chi connectivity index (χ0n) is 20.1. The van der Waals surface area contributed by atoms with E-state index in [9.17, 15) is 22.8 Å². The van der Waals surface area contributed by atoms with Gasteiger partial charge in [-0.25, -0.2) is 18.0 Å². The molecule has 10 heteroatoms. The molecule has 6 rings (SSSR count). The number of hydrogen-bond acceptors (Lipinski definition) is 4. The first kappa shape index (κ1) is 23.8. The molecule has 2 fully saturated rings. The molecule has 37 heavy (non-hydrogen) atoms. The van der Waals surface area contributed by atoms with Gasteiger partial charge < -0.3 is 14.6 Å². The van der Waals surface area contributed by atoms with E-state index in [1.807, 2.05) is 30.3 Å². The van der Waals surface area contributed by atoms with Gasteiger partial charge in [-0.1, -0.05) is 30.3 Å². The Balaban J connectivity index is 1.40. The molecule has 1 N–H and O–H groups in total. The molecule has 2 saturated heterocycles. The summed E-state index contributed by atoms with van der Waals surface area (Å²) in [7, 11) is 0. The molecule has 194 valence electrons. The quantitative estimate of drug-likeness (QED) is 0.479. The largest absolute Gasteiger partial charge is 0.485 e. The summed E-state index contributed by atoms with van der Waals surface area (Å²) in [4.78, 5) is 35.7. The third kappa shape index (κ3) is 4.13. The minimum absolute atomic E-state index is 0.239. The highest BCUT2D eigenvalue weighted by atomic mass is 19.3. The van der Waals surface area contributed by atoms with E-state index >= 15 is 0 Å². The summed E-state index contributed by atoms with van der Waals surface area (Å²) in [5, 5.41) is 0.594. The number of nitrogens with one attached hydrogen (secondary N) is 1. The highest BCUT2D eigenvalue weighted by Crippen LogP contribution is 2.44. The Kier molecular flexibility index (Phi) is 6.06. The predicted molar refractivity (Wildman–Crippen MR) is 130 cm³/mol. The van der Waals surface area contributed by atoms with Crippen LogP contribution in [0.1, 0.15) is 35.7 Å². The SMILES string of the molecule is O=C1C2Cc3c([nH]c4cc(F)c(OCC(F)F)cc34)C(c3ccccc3)N2C(=O)N1CCN1CCCC1. The van der Waals surface area contributed by atoms with Crippen LogP contribution in [0.5, 0.6) is 5.75 Å². The lowest BCUT2D eigenvalue weighted by molar-refractivity contribution is -0.128. The van der Waals surface area contributed by atoms with E-state index in [1.165, 1.54) is 17.0 Å². The molecule has 3 aliphatic rings. The number of likely N-dealkylation sites (tertiary alicyclic amines) is 1. The molecular weight excluding hydrogens is 485 g/mol. The Morgan fingerprint density at radius 1 is 1.05 bits per heavy atom. The van der Waals surface area contributed by atoms with Crippen molar-refractivity contribution in [2.75, 3.05) is 32.8 Å². The van der Waals surface area contributed by atoms with Gasteiger partial charge in [-0.15, -0.1) is 0 Å². The van der Waals surface area contributed by atoms with Crippen LogP contribution in [-0.2, 0) is 11.2 Å². The molecule has 4 heterocycles. The normalized spacial score (nSPS) is 21.8. The van der Waals surface area contributed by atoms with Gasteiger partial charge in [0.25, 0.3) is 12.3 Å². The van der Waals surface area contributed by atoms with Gasteiger partial charge in [0.1, 0.15) is 18.7 Å². The molecule has 2 unspecified atom stereocenters. The number of alkyl halides is 2. The van der Waals surface area contributed by atoms with Gasteiger partial charge in [0.15, 0.2) is 11.6 Å². The van der Waals surface area contributed by atoms with Gasteiger partial charge >= 0.3 is 6.03 Å². The molecule has 1 aromatic heterocycles. The van der Waals surface area contributed by atoms with Crippen molar-refractivity contribution in [3.05, 3.63) is 65.1 Å². The third-order valence-corrected chi connectivity index (χ3v) is 7.60. The monoisotopic (exact) mass is 512 g/mol. The molecule has 2 aromatic carbocycles. The molecule has 3 amide bonds. The number of carbonyl (C=O) groups excluding carboxylic acids is 2. The van der Waals surface area contributed by atoms with E-state index in [0.717, 1.165) is 37.1 Å². The van der Waals surface area contributed by atoms with Crippen LogP contribution >= 0.6 is 0 Å². The van der Waals surface area contributed by atoms with E-state index in [0.29, 0.717) is 29.7 Å². The number of fused-ring (bicyclic) bond motifs is 4. The average Bonchev–Trinajstić information content (AvgIpc) is 3.58. The molecule has 2 atom stereocenters. The van der Waals surface area contributed by atoms with Crippen molar-refractivity contribution in [1.29, 1.82) is 0 Å². The molecule has 7 nitrogen and oxygen atoms in total. The summed E-state index contributed by atoms with van der Waals surface area (Å²) >= 11 is 0. The summed E-state index contributed by atoms with van der Waals surface area (Å²) in [6.45, 7) is 2.00. The molecule has 0 saturated carbocycles. The van der Waals surface area contributed by atoms with Crippen LogP contribution in [0.3, 0.4) is 0 Å². The van der Waals surface area contributed by atoms with Crippen molar-refractivity contribution < 1.29 is 27.5 Å².